The van der Waals surface area contributed by atoms with E-state index in [9.17, 15) is 0 Å². The van der Waals surface area contributed by atoms with Crippen LogP contribution in [0, 0.1) is 0 Å². The number of nitrogens with zero attached hydrogens (tertiary/aromatic N) is 1. The van der Waals surface area contributed by atoms with Crippen LogP contribution in [0.4, 0.5) is 0 Å². The lowest BCUT2D eigenvalue weighted by Crippen LogP contribution is -2.44. The molecule has 0 aromatic carbocycles. The Hall–Kier alpha value is -0.110. The van der Waals surface area contributed by atoms with E-state index in [2.05, 4.69) is 18.5 Å². The van der Waals surface area contributed by atoms with Crippen LogP contribution in [0.1, 0.15) is 32.1 Å². The fraction of sp³-hybridized carbons (Fsp3) is 0.800. The van der Waals surface area contributed by atoms with Crippen molar-refractivity contribution in [3.05, 3.63) is 11.6 Å². The van der Waals surface area contributed by atoms with Gasteiger partial charge in [0.2, 0.25) is 0 Å². The summed E-state index contributed by atoms with van der Waals surface area (Å²) in [6, 6.07) is 0. The van der Waals surface area contributed by atoms with E-state index in [1.165, 1.54) is 42.9 Å². The number of thioether (sulfide) groups is 1. The third-order valence-electron chi connectivity index (χ3n) is 3.38. The molecule has 1 aliphatic heterocycles. The van der Waals surface area contributed by atoms with Crippen LogP contribution in [-0.4, -0.2) is 23.2 Å². The Bertz CT molecular complexity index is 194. The predicted molar refractivity (Wildman–Crippen MR) is 55.2 cm³/mol. The van der Waals surface area contributed by atoms with Crippen molar-refractivity contribution in [2.75, 3.05) is 12.8 Å². The van der Waals surface area contributed by atoms with Crippen molar-refractivity contribution < 1.29 is 0 Å². The molecule has 1 saturated carbocycles. The quantitative estimate of drug-likeness (QED) is 0.568. The van der Waals surface area contributed by atoms with Gasteiger partial charge in [0.1, 0.15) is 0 Å². The summed E-state index contributed by atoms with van der Waals surface area (Å²) in [5.41, 5.74) is 0.500. The summed E-state index contributed by atoms with van der Waals surface area (Å²) in [7, 11) is 2.22. The summed E-state index contributed by atoms with van der Waals surface area (Å²) in [5.74, 6) is 1.28. The molecule has 0 radical (unpaired) electrons. The molecule has 2 fully saturated rings. The van der Waals surface area contributed by atoms with Crippen molar-refractivity contribution in [2.24, 2.45) is 0 Å². The molecule has 0 aromatic rings. The van der Waals surface area contributed by atoms with Gasteiger partial charge in [-0.15, -0.1) is 11.8 Å². The Balaban J connectivity index is 2.14. The maximum atomic E-state index is 4.07. The third-order valence-corrected chi connectivity index (χ3v) is 4.67. The smallest absolute Gasteiger partial charge is 0.0637 e. The van der Waals surface area contributed by atoms with Gasteiger partial charge in [-0.1, -0.05) is 25.8 Å². The Morgan fingerprint density at radius 3 is 2.50 bits per heavy atom. The van der Waals surface area contributed by atoms with E-state index in [0.29, 0.717) is 5.54 Å². The molecule has 0 aromatic heterocycles. The molecular formula is C10H17NS. The Labute approximate surface area is 79.2 Å². The first kappa shape index (κ1) is 8.49. The summed E-state index contributed by atoms with van der Waals surface area (Å²) in [6.45, 7) is 4.07. The molecule has 12 heavy (non-hydrogen) atoms. The van der Waals surface area contributed by atoms with Crippen LogP contribution >= 0.6 is 11.8 Å². The summed E-state index contributed by atoms with van der Waals surface area (Å²) < 4.78 is 0. The van der Waals surface area contributed by atoms with Gasteiger partial charge in [-0.25, -0.2) is 0 Å². The minimum absolute atomic E-state index is 0.500. The van der Waals surface area contributed by atoms with E-state index in [-0.39, 0.29) is 0 Å². The lowest BCUT2D eigenvalue weighted by atomic mass is 9.82. The molecule has 68 valence electrons. The molecule has 0 atom stereocenters. The van der Waals surface area contributed by atoms with Crippen molar-refractivity contribution in [1.29, 1.82) is 0 Å². The van der Waals surface area contributed by atoms with Gasteiger partial charge in [0.05, 0.1) is 5.03 Å². The van der Waals surface area contributed by atoms with Gasteiger partial charge in [0, 0.05) is 18.3 Å². The lowest BCUT2D eigenvalue weighted by molar-refractivity contribution is 0.153. The van der Waals surface area contributed by atoms with Crippen LogP contribution in [-0.2, 0) is 0 Å². The van der Waals surface area contributed by atoms with Crippen LogP contribution in [0.3, 0.4) is 0 Å². The molecule has 1 spiro atoms. The summed E-state index contributed by atoms with van der Waals surface area (Å²) in [4.78, 5) is 2.43. The lowest BCUT2D eigenvalue weighted by Gasteiger charge is -2.40. The van der Waals surface area contributed by atoms with Gasteiger partial charge in [-0.2, -0.15) is 0 Å². The largest absolute Gasteiger partial charge is 0.363 e. The summed E-state index contributed by atoms with van der Waals surface area (Å²) >= 11 is 1.94. The van der Waals surface area contributed by atoms with Crippen molar-refractivity contribution in [3.8, 4) is 0 Å². The van der Waals surface area contributed by atoms with Gasteiger partial charge in [0.15, 0.2) is 0 Å². The number of hydrogen-bond donors (Lipinski definition) is 0. The van der Waals surface area contributed by atoms with Gasteiger partial charge < -0.3 is 4.90 Å². The van der Waals surface area contributed by atoms with E-state index in [1.54, 1.807) is 0 Å². The Morgan fingerprint density at radius 1 is 1.33 bits per heavy atom. The van der Waals surface area contributed by atoms with Gasteiger partial charge in [-0.05, 0) is 12.8 Å². The molecule has 2 heteroatoms. The average molecular weight is 183 g/mol. The van der Waals surface area contributed by atoms with Gasteiger partial charge in [0.25, 0.3) is 0 Å². The molecule has 1 nitrogen and oxygen atoms in total. The first-order valence-electron chi connectivity index (χ1n) is 4.80. The van der Waals surface area contributed by atoms with E-state index in [0.717, 1.165) is 0 Å². The highest BCUT2D eigenvalue weighted by molar-refractivity contribution is 8.03. The van der Waals surface area contributed by atoms with Crippen LogP contribution in [0.5, 0.6) is 0 Å². The topological polar surface area (TPSA) is 3.24 Å². The minimum atomic E-state index is 0.500. The second-order valence-electron chi connectivity index (χ2n) is 4.03. The fourth-order valence-corrected chi connectivity index (χ4v) is 3.67. The van der Waals surface area contributed by atoms with Gasteiger partial charge >= 0.3 is 0 Å². The Morgan fingerprint density at radius 2 is 2.00 bits per heavy atom. The van der Waals surface area contributed by atoms with E-state index in [1.807, 2.05) is 11.8 Å². The molecule has 0 bridgehead atoms. The zero-order valence-corrected chi connectivity index (χ0v) is 8.62. The SMILES string of the molecule is C=C1SCC2(CCCCC2)N1C. The van der Waals surface area contributed by atoms with Crippen molar-refractivity contribution >= 4 is 11.8 Å². The maximum Gasteiger partial charge on any atom is 0.0637 e. The summed E-state index contributed by atoms with van der Waals surface area (Å²) in [6.07, 6.45) is 7.04. The van der Waals surface area contributed by atoms with Gasteiger partial charge in [-0.3, -0.25) is 0 Å². The van der Waals surface area contributed by atoms with Crippen molar-refractivity contribution in [2.45, 2.75) is 37.6 Å². The first-order chi connectivity index (χ1) is 5.75. The molecule has 0 amide bonds. The van der Waals surface area contributed by atoms with Crippen molar-refractivity contribution in [1.82, 2.24) is 4.90 Å². The molecule has 2 aliphatic rings. The molecule has 0 N–H and O–H groups in total. The third kappa shape index (κ3) is 1.17. The van der Waals surface area contributed by atoms with Crippen LogP contribution in [0.2, 0.25) is 0 Å². The highest BCUT2D eigenvalue weighted by Crippen LogP contribution is 2.45. The average Bonchev–Trinajstić information content (AvgIpc) is 2.37. The molecule has 1 saturated heterocycles. The standard InChI is InChI=1S/C10H17NS/c1-9-11(2)10(8-12-9)6-4-3-5-7-10/h1,3-8H2,2H3. The van der Waals surface area contributed by atoms with Crippen molar-refractivity contribution in [3.63, 3.8) is 0 Å². The van der Waals surface area contributed by atoms with Crippen LogP contribution in [0.15, 0.2) is 11.6 Å². The highest BCUT2D eigenvalue weighted by Gasteiger charge is 2.41. The zero-order valence-electron chi connectivity index (χ0n) is 7.81. The van der Waals surface area contributed by atoms with E-state index < -0.39 is 0 Å². The molecular weight excluding hydrogens is 166 g/mol. The van der Waals surface area contributed by atoms with Crippen LogP contribution in [0.25, 0.3) is 0 Å². The normalized spacial score (nSPS) is 28.4. The van der Waals surface area contributed by atoms with E-state index >= 15 is 0 Å². The maximum absolute atomic E-state index is 4.07. The molecule has 1 aliphatic carbocycles. The van der Waals surface area contributed by atoms with Crippen LogP contribution < -0.4 is 0 Å². The monoisotopic (exact) mass is 183 g/mol. The summed E-state index contributed by atoms with van der Waals surface area (Å²) in [5, 5.41) is 1.27. The zero-order chi connectivity index (χ0) is 8.60. The molecule has 1 heterocycles. The second-order valence-corrected chi connectivity index (χ2v) is 5.08. The highest BCUT2D eigenvalue weighted by atomic mass is 32.2. The minimum Gasteiger partial charge on any atom is -0.363 e. The Kier molecular flexibility index (Phi) is 2.11. The second kappa shape index (κ2) is 2.99. The van der Waals surface area contributed by atoms with E-state index in [4.69, 9.17) is 0 Å². The number of rotatable bonds is 0. The molecule has 0 unspecified atom stereocenters. The first-order valence-corrected chi connectivity index (χ1v) is 5.79. The predicted octanol–water partition coefficient (Wildman–Crippen LogP) is 2.84. The molecule has 2 rings (SSSR count). The number of hydrogen-bond acceptors (Lipinski definition) is 2. The fourth-order valence-electron chi connectivity index (χ4n) is 2.37.